The van der Waals surface area contributed by atoms with Crippen LogP contribution in [-0.4, -0.2) is 40.7 Å². The summed E-state index contributed by atoms with van der Waals surface area (Å²) in [7, 11) is 0. The summed E-state index contributed by atoms with van der Waals surface area (Å²) < 4.78 is 11.5. The summed E-state index contributed by atoms with van der Waals surface area (Å²) in [6, 6.07) is 13.3. The number of fused-ring (bicyclic) bond motifs is 1. The Labute approximate surface area is 201 Å². The lowest BCUT2D eigenvalue weighted by molar-refractivity contribution is -0.114. The van der Waals surface area contributed by atoms with E-state index in [2.05, 4.69) is 36.1 Å². The van der Waals surface area contributed by atoms with Crippen molar-refractivity contribution in [2.45, 2.75) is 26.2 Å². The van der Waals surface area contributed by atoms with Crippen LogP contribution in [0.25, 0.3) is 6.08 Å². The van der Waals surface area contributed by atoms with E-state index in [9.17, 15) is 4.79 Å². The van der Waals surface area contributed by atoms with Gasteiger partial charge in [-0.3, -0.25) is 10.2 Å². The molecule has 9 heteroatoms. The first kappa shape index (κ1) is 23.1. The van der Waals surface area contributed by atoms with Crippen molar-refractivity contribution < 1.29 is 14.3 Å². The van der Waals surface area contributed by atoms with Crippen molar-refractivity contribution in [1.82, 2.24) is 5.01 Å². The van der Waals surface area contributed by atoms with Crippen LogP contribution in [0, 0.1) is 5.41 Å². The van der Waals surface area contributed by atoms with Gasteiger partial charge in [0.25, 0.3) is 5.91 Å². The van der Waals surface area contributed by atoms with Crippen molar-refractivity contribution in [3.05, 3.63) is 64.2 Å². The first-order chi connectivity index (χ1) is 16.0. The predicted molar refractivity (Wildman–Crippen MR) is 134 cm³/mol. The minimum Gasteiger partial charge on any atom is -0.490 e. The number of thioether (sulfide) groups is 1. The van der Waals surface area contributed by atoms with Crippen molar-refractivity contribution in [1.29, 1.82) is 5.41 Å². The van der Waals surface area contributed by atoms with E-state index in [1.807, 2.05) is 12.1 Å². The second-order valence-electron chi connectivity index (χ2n) is 7.52. The molecule has 4 rings (SSSR count). The maximum absolute atomic E-state index is 12.3. The molecular formula is C24H23ClN4O3S. The van der Waals surface area contributed by atoms with Gasteiger partial charge in [0.15, 0.2) is 11.0 Å². The number of ether oxygens (including phenoxy) is 2. The Kier molecular flexibility index (Phi) is 7.15. The summed E-state index contributed by atoms with van der Waals surface area (Å²) >= 11 is 7.57. The molecule has 0 saturated heterocycles. The fourth-order valence-electron chi connectivity index (χ4n) is 3.27. The maximum Gasteiger partial charge on any atom is 0.283 e. The number of hydrogen-bond acceptors (Lipinski definition) is 6. The minimum atomic E-state index is -0.477. The summed E-state index contributed by atoms with van der Waals surface area (Å²) in [5, 5.41) is 14.4. The van der Waals surface area contributed by atoms with Gasteiger partial charge in [0, 0.05) is 0 Å². The van der Waals surface area contributed by atoms with Gasteiger partial charge in [0.1, 0.15) is 24.7 Å². The van der Waals surface area contributed by atoms with Crippen LogP contribution in [0.2, 0.25) is 5.02 Å². The zero-order chi connectivity index (χ0) is 23.4. The number of nitrogens with one attached hydrogen (secondary N) is 1. The summed E-state index contributed by atoms with van der Waals surface area (Å²) in [6.07, 6.45) is 2.68. The van der Waals surface area contributed by atoms with Crippen molar-refractivity contribution in [2.75, 3.05) is 13.2 Å². The third kappa shape index (κ3) is 5.29. The van der Waals surface area contributed by atoms with Crippen molar-refractivity contribution >= 4 is 51.9 Å². The summed E-state index contributed by atoms with van der Waals surface area (Å²) in [6.45, 7) is 5.09. The number of rotatable bonds is 8. The number of amidine groups is 2. The molecule has 0 spiro atoms. The smallest absolute Gasteiger partial charge is 0.283 e. The van der Waals surface area contributed by atoms with Gasteiger partial charge in [-0.05, 0) is 65.6 Å². The van der Waals surface area contributed by atoms with E-state index in [1.54, 1.807) is 24.3 Å². The largest absolute Gasteiger partial charge is 0.490 e. The Balaban J connectivity index is 1.33. The fraction of sp³-hybridized carbons (Fsp3) is 0.250. The zero-order valence-electron chi connectivity index (χ0n) is 18.2. The molecule has 2 aromatic carbocycles. The lowest BCUT2D eigenvalue weighted by Gasteiger charge is -2.20. The average Bonchev–Trinajstić information content (AvgIpc) is 3.29. The number of halogens is 1. The number of benzene rings is 2. The number of nitrogens with zero attached hydrogens (tertiary/aromatic N) is 3. The standard InChI is InChI=1S/C24H23ClN4O3S/c1-3-15(2)17-5-7-18(8-6-17)31-10-11-32-21-9-4-16(13-20(21)25)12-19-22(26)29-24(28-23(19)30)33-14-27-29/h4-9,12-15,26H,3,10-11H2,1-2H3/b19-12-,26-22?/t15-/m1/s1. The molecule has 0 saturated carbocycles. The molecule has 2 aromatic rings. The van der Waals surface area contributed by atoms with E-state index in [1.165, 1.54) is 27.9 Å². The SMILES string of the molecule is CC[C@@H](C)c1ccc(OCCOc2ccc(/C=C3/C(=N)N4N=CSC4=NC3=O)cc2Cl)cc1. The van der Waals surface area contributed by atoms with Crippen molar-refractivity contribution in [2.24, 2.45) is 10.1 Å². The molecule has 33 heavy (non-hydrogen) atoms. The number of carbonyl (C=O) groups is 1. The Morgan fingerprint density at radius 2 is 1.94 bits per heavy atom. The van der Waals surface area contributed by atoms with Gasteiger partial charge in [-0.2, -0.15) is 15.1 Å². The van der Waals surface area contributed by atoms with Crippen LogP contribution in [0.15, 0.2) is 58.1 Å². The first-order valence-electron chi connectivity index (χ1n) is 10.5. The normalized spacial score (nSPS) is 17.2. The molecule has 0 bridgehead atoms. The number of hydrogen-bond donors (Lipinski definition) is 1. The highest BCUT2D eigenvalue weighted by molar-refractivity contribution is 8.25. The van der Waals surface area contributed by atoms with Crippen LogP contribution in [0.5, 0.6) is 11.5 Å². The summed E-state index contributed by atoms with van der Waals surface area (Å²) in [5.74, 6) is 1.35. The van der Waals surface area contributed by atoms with Crippen LogP contribution >= 0.6 is 23.4 Å². The fourth-order valence-corrected chi connectivity index (χ4v) is 4.12. The Bertz CT molecular complexity index is 1160. The minimum absolute atomic E-state index is 0.0166. The van der Waals surface area contributed by atoms with Crippen LogP contribution in [0.1, 0.15) is 37.3 Å². The highest BCUT2D eigenvalue weighted by Gasteiger charge is 2.32. The summed E-state index contributed by atoms with van der Waals surface area (Å²) in [4.78, 5) is 16.3. The van der Waals surface area contributed by atoms with Crippen LogP contribution in [-0.2, 0) is 4.79 Å². The third-order valence-corrected chi connectivity index (χ3v) is 6.30. The summed E-state index contributed by atoms with van der Waals surface area (Å²) in [5.41, 5.74) is 3.65. The number of carbonyl (C=O) groups excluding carboxylic acids is 1. The zero-order valence-corrected chi connectivity index (χ0v) is 19.8. The van der Waals surface area contributed by atoms with E-state index in [-0.39, 0.29) is 11.4 Å². The lowest BCUT2D eigenvalue weighted by atomic mass is 9.99. The van der Waals surface area contributed by atoms with Gasteiger partial charge in [0.05, 0.1) is 16.1 Å². The molecule has 2 aliphatic heterocycles. The molecule has 1 N–H and O–H groups in total. The van der Waals surface area contributed by atoms with Gasteiger partial charge in [-0.15, -0.1) is 0 Å². The van der Waals surface area contributed by atoms with Crippen LogP contribution in [0.3, 0.4) is 0 Å². The first-order valence-corrected chi connectivity index (χ1v) is 11.8. The predicted octanol–water partition coefficient (Wildman–Crippen LogP) is 5.56. The molecule has 0 aliphatic carbocycles. The quantitative estimate of drug-likeness (QED) is 0.393. The van der Waals surface area contributed by atoms with E-state index in [0.29, 0.717) is 40.6 Å². The van der Waals surface area contributed by atoms with Gasteiger partial charge in [-0.1, -0.05) is 43.6 Å². The highest BCUT2D eigenvalue weighted by Crippen LogP contribution is 2.29. The van der Waals surface area contributed by atoms with Crippen molar-refractivity contribution in [3.8, 4) is 11.5 Å². The Morgan fingerprint density at radius 3 is 2.67 bits per heavy atom. The lowest BCUT2D eigenvalue weighted by Crippen LogP contribution is -2.35. The van der Waals surface area contributed by atoms with E-state index in [0.717, 1.165) is 12.2 Å². The number of amides is 1. The molecule has 0 unspecified atom stereocenters. The van der Waals surface area contributed by atoms with Crippen LogP contribution in [0.4, 0.5) is 0 Å². The molecule has 1 amide bonds. The van der Waals surface area contributed by atoms with Gasteiger partial charge >= 0.3 is 0 Å². The molecule has 1 atom stereocenters. The second kappa shape index (κ2) is 10.2. The van der Waals surface area contributed by atoms with Gasteiger partial charge in [-0.25, -0.2) is 0 Å². The highest BCUT2D eigenvalue weighted by atomic mass is 35.5. The second-order valence-corrected chi connectivity index (χ2v) is 8.74. The van der Waals surface area contributed by atoms with Crippen LogP contribution < -0.4 is 9.47 Å². The van der Waals surface area contributed by atoms with Crippen molar-refractivity contribution in [3.63, 3.8) is 0 Å². The Hall–Kier alpha value is -3.10. The molecular weight excluding hydrogens is 460 g/mol. The van der Waals surface area contributed by atoms with E-state index in [4.69, 9.17) is 26.5 Å². The molecule has 0 fully saturated rings. The topological polar surface area (TPSA) is 87.3 Å². The molecule has 2 heterocycles. The molecule has 2 aliphatic rings. The van der Waals surface area contributed by atoms with E-state index < -0.39 is 5.91 Å². The van der Waals surface area contributed by atoms with Gasteiger partial charge in [0.2, 0.25) is 0 Å². The average molecular weight is 483 g/mol. The number of hydrazone groups is 1. The molecule has 0 aromatic heterocycles. The molecule has 0 radical (unpaired) electrons. The number of aliphatic imine (C=N–C) groups is 1. The third-order valence-electron chi connectivity index (χ3n) is 5.33. The molecule has 170 valence electrons. The van der Waals surface area contributed by atoms with Gasteiger partial charge < -0.3 is 9.47 Å². The Morgan fingerprint density at radius 1 is 1.18 bits per heavy atom. The molecule has 7 nitrogen and oxygen atoms in total. The van der Waals surface area contributed by atoms with E-state index >= 15 is 0 Å². The monoisotopic (exact) mass is 482 g/mol. The maximum atomic E-state index is 12.3.